The SMILES string of the molecule is COc1ccc2sc(N3CCc4nc(C)[nH]c(=O)c4C3)nc2c1. The van der Waals surface area contributed by atoms with Crippen molar-refractivity contribution in [2.75, 3.05) is 18.6 Å². The molecule has 0 atom stereocenters. The van der Waals surface area contributed by atoms with E-state index in [0.29, 0.717) is 12.4 Å². The highest BCUT2D eigenvalue weighted by atomic mass is 32.1. The fraction of sp³-hybridized carbons (Fsp3) is 0.312. The van der Waals surface area contributed by atoms with Crippen LogP contribution in [0.25, 0.3) is 10.2 Å². The van der Waals surface area contributed by atoms with Crippen molar-refractivity contribution in [1.29, 1.82) is 0 Å². The molecule has 0 unspecified atom stereocenters. The molecule has 0 spiro atoms. The number of hydrogen-bond acceptors (Lipinski definition) is 6. The molecule has 1 aliphatic heterocycles. The number of rotatable bonds is 2. The van der Waals surface area contributed by atoms with E-state index in [1.54, 1.807) is 18.4 Å². The van der Waals surface area contributed by atoms with Crippen LogP contribution in [-0.4, -0.2) is 28.6 Å². The number of aromatic nitrogens is 3. The first-order valence-electron chi connectivity index (χ1n) is 7.42. The maximum atomic E-state index is 12.2. The number of methoxy groups -OCH3 is 1. The molecule has 6 nitrogen and oxygen atoms in total. The summed E-state index contributed by atoms with van der Waals surface area (Å²) in [5, 5.41) is 0.930. The van der Waals surface area contributed by atoms with E-state index >= 15 is 0 Å². The van der Waals surface area contributed by atoms with Gasteiger partial charge in [0.15, 0.2) is 5.13 Å². The van der Waals surface area contributed by atoms with Crippen molar-refractivity contribution < 1.29 is 4.74 Å². The van der Waals surface area contributed by atoms with E-state index in [4.69, 9.17) is 9.72 Å². The Morgan fingerprint density at radius 1 is 1.35 bits per heavy atom. The number of hydrogen-bond donors (Lipinski definition) is 1. The van der Waals surface area contributed by atoms with Crippen LogP contribution in [0.4, 0.5) is 5.13 Å². The maximum Gasteiger partial charge on any atom is 0.256 e. The molecule has 0 amide bonds. The van der Waals surface area contributed by atoms with Crippen LogP contribution in [0, 0.1) is 6.92 Å². The highest BCUT2D eigenvalue weighted by molar-refractivity contribution is 7.22. The van der Waals surface area contributed by atoms with Crippen molar-refractivity contribution in [1.82, 2.24) is 15.0 Å². The summed E-state index contributed by atoms with van der Waals surface area (Å²) in [5.74, 6) is 1.48. The minimum absolute atomic E-state index is 0.0417. The summed E-state index contributed by atoms with van der Waals surface area (Å²) in [7, 11) is 1.65. The van der Waals surface area contributed by atoms with Crippen molar-refractivity contribution in [3.8, 4) is 5.75 Å². The molecule has 1 aromatic carbocycles. The Balaban J connectivity index is 1.70. The van der Waals surface area contributed by atoms with Crippen molar-refractivity contribution in [3.63, 3.8) is 0 Å². The Morgan fingerprint density at radius 3 is 3.04 bits per heavy atom. The molecule has 0 saturated heterocycles. The Labute approximate surface area is 136 Å². The fourth-order valence-corrected chi connectivity index (χ4v) is 3.84. The van der Waals surface area contributed by atoms with Crippen LogP contribution in [-0.2, 0) is 13.0 Å². The molecule has 0 saturated carbocycles. The highest BCUT2D eigenvalue weighted by Gasteiger charge is 2.23. The van der Waals surface area contributed by atoms with E-state index in [1.807, 2.05) is 25.1 Å². The Bertz CT molecular complexity index is 947. The standard InChI is InChI=1S/C16H16N4O2S/c1-9-17-12-5-6-20(8-11(12)15(21)18-9)16-19-13-7-10(22-2)3-4-14(13)23-16/h3-4,7H,5-6,8H2,1-2H3,(H,17,18,21). The van der Waals surface area contributed by atoms with E-state index in [0.717, 1.165) is 45.3 Å². The van der Waals surface area contributed by atoms with Gasteiger partial charge >= 0.3 is 0 Å². The van der Waals surface area contributed by atoms with Crippen LogP contribution in [0.5, 0.6) is 5.75 Å². The molecule has 3 heterocycles. The summed E-state index contributed by atoms with van der Waals surface area (Å²) in [4.78, 5) is 26.2. The molecule has 0 radical (unpaired) electrons. The molecule has 1 aliphatic rings. The molecular weight excluding hydrogens is 312 g/mol. The zero-order valence-corrected chi connectivity index (χ0v) is 13.7. The Hall–Kier alpha value is -2.41. The van der Waals surface area contributed by atoms with Crippen molar-refractivity contribution in [3.05, 3.63) is 45.6 Å². The first-order valence-corrected chi connectivity index (χ1v) is 8.24. The van der Waals surface area contributed by atoms with E-state index in [1.165, 1.54) is 0 Å². The number of benzene rings is 1. The van der Waals surface area contributed by atoms with Gasteiger partial charge in [0.2, 0.25) is 0 Å². The molecule has 23 heavy (non-hydrogen) atoms. The zero-order chi connectivity index (χ0) is 16.0. The molecule has 2 aromatic heterocycles. The van der Waals surface area contributed by atoms with Gasteiger partial charge in [-0.3, -0.25) is 4.79 Å². The maximum absolute atomic E-state index is 12.2. The van der Waals surface area contributed by atoms with Gasteiger partial charge in [0.1, 0.15) is 11.6 Å². The Kier molecular flexibility index (Phi) is 3.30. The number of ether oxygens (including phenoxy) is 1. The summed E-state index contributed by atoms with van der Waals surface area (Å²) in [6.07, 6.45) is 0.763. The monoisotopic (exact) mass is 328 g/mol. The molecule has 4 rings (SSSR count). The van der Waals surface area contributed by atoms with Crippen LogP contribution < -0.4 is 15.2 Å². The van der Waals surface area contributed by atoms with Gasteiger partial charge in [-0.15, -0.1) is 0 Å². The lowest BCUT2D eigenvalue weighted by Crippen LogP contribution is -2.35. The number of fused-ring (bicyclic) bond motifs is 2. The molecule has 0 aliphatic carbocycles. The number of nitrogens with zero attached hydrogens (tertiary/aromatic N) is 3. The molecule has 1 N–H and O–H groups in total. The summed E-state index contributed by atoms with van der Waals surface area (Å²) >= 11 is 1.63. The Morgan fingerprint density at radius 2 is 2.22 bits per heavy atom. The number of thiazole rings is 1. The fourth-order valence-electron chi connectivity index (χ4n) is 2.87. The zero-order valence-electron chi connectivity index (χ0n) is 12.9. The van der Waals surface area contributed by atoms with Crippen molar-refractivity contribution in [2.45, 2.75) is 19.9 Å². The topological polar surface area (TPSA) is 71.1 Å². The molecular formula is C16H16N4O2S. The van der Waals surface area contributed by atoms with Crippen LogP contribution >= 0.6 is 11.3 Å². The molecule has 7 heteroatoms. The van der Waals surface area contributed by atoms with Gasteiger partial charge < -0.3 is 14.6 Å². The number of nitrogens with one attached hydrogen (secondary N) is 1. The first-order chi connectivity index (χ1) is 11.1. The molecule has 0 fully saturated rings. The lowest BCUT2D eigenvalue weighted by Gasteiger charge is -2.27. The largest absolute Gasteiger partial charge is 0.497 e. The number of aryl methyl sites for hydroxylation is 1. The minimum Gasteiger partial charge on any atom is -0.497 e. The summed E-state index contributed by atoms with van der Waals surface area (Å²) in [6, 6.07) is 5.89. The van der Waals surface area contributed by atoms with Crippen LogP contribution in [0.15, 0.2) is 23.0 Å². The van der Waals surface area contributed by atoms with Crippen LogP contribution in [0.2, 0.25) is 0 Å². The number of H-pyrrole nitrogens is 1. The highest BCUT2D eigenvalue weighted by Crippen LogP contribution is 2.32. The summed E-state index contributed by atoms with van der Waals surface area (Å²) in [5.41, 5.74) is 2.54. The normalized spacial score (nSPS) is 14.1. The minimum atomic E-state index is -0.0417. The quantitative estimate of drug-likeness (QED) is 0.781. The van der Waals surface area contributed by atoms with Gasteiger partial charge in [-0.25, -0.2) is 9.97 Å². The third-order valence-electron chi connectivity index (χ3n) is 4.04. The second-order valence-corrected chi connectivity index (χ2v) is 6.59. The van der Waals surface area contributed by atoms with Gasteiger partial charge in [-0.05, 0) is 19.1 Å². The van der Waals surface area contributed by atoms with Crippen molar-refractivity contribution >= 4 is 26.7 Å². The van der Waals surface area contributed by atoms with Gasteiger partial charge in [0.25, 0.3) is 5.56 Å². The average molecular weight is 328 g/mol. The smallest absolute Gasteiger partial charge is 0.256 e. The summed E-state index contributed by atoms with van der Waals surface area (Å²) in [6.45, 7) is 3.18. The van der Waals surface area contributed by atoms with Crippen LogP contribution in [0.1, 0.15) is 17.1 Å². The molecule has 3 aromatic rings. The predicted molar refractivity (Wildman–Crippen MR) is 90.5 cm³/mol. The number of aromatic amines is 1. The number of anilines is 1. The first kappa shape index (κ1) is 14.2. The molecule has 0 bridgehead atoms. The van der Waals surface area contributed by atoms with Gasteiger partial charge in [0, 0.05) is 19.0 Å². The second kappa shape index (κ2) is 5.34. The lowest BCUT2D eigenvalue weighted by molar-refractivity contribution is 0.415. The van der Waals surface area contributed by atoms with E-state index in [2.05, 4.69) is 14.9 Å². The predicted octanol–water partition coefficient (Wildman–Crippen LogP) is 2.26. The second-order valence-electron chi connectivity index (χ2n) is 5.58. The van der Waals surface area contributed by atoms with Crippen LogP contribution in [0.3, 0.4) is 0 Å². The molecule has 118 valence electrons. The van der Waals surface area contributed by atoms with Crippen molar-refractivity contribution in [2.24, 2.45) is 0 Å². The third-order valence-corrected chi connectivity index (χ3v) is 5.14. The van der Waals surface area contributed by atoms with E-state index in [-0.39, 0.29) is 5.56 Å². The third kappa shape index (κ3) is 2.46. The van der Waals surface area contributed by atoms with Gasteiger partial charge in [-0.1, -0.05) is 11.3 Å². The van der Waals surface area contributed by atoms with E-state index < -0.39 is 0 Å². The summed E-state index contributed by atoms with van der Waals surface area (Å²) < 4.78 is 6.36. The van der Waals surface area contributed by atoms with Gasteiger partial charge in [-0.2, -0.15) is 0 Å². The average Bonchev–Trinajstić information content (AvgIpc) is 2.97. The van der Waals surface area contributed by atoms with Gasteiger partial charge in [0.05, 0.1) is 35.1 Å². The lowest BCUT2D eigenvalue weighted by atomic mass is 10.1. The van der Waals surface area contributed by atoms with E-state index in [9.17, 15) is 4.79 Å².